The third-order valence-electron chi connectivity index (χ3n) is 4.37. The van der Waals surface area contributed by atoms with E-state index in [0.29, 0.717) is 11.9 Å². The van der Waals surface area contributed by atoms with Gasteiger partial charge in [0.15, 0.2) is 0 Å². The van der Waals surface area contributed by atoms with Gasteiger partial charge in [0.2, 0.25) is 5.91 Å². The molecule has 19 heavy (non-hydrogen) atoms. The summed E-state index contributed by atoms with van der Waals surface area (Å²) >= 11 is 0. The van der Waals surface area contributed by atoms with Gasteiger partial charge in [0, 0.05) is 13.1 Å². The number of carbonyl (C=O) groups is 1. The summed E-state index contributed by atoms with van der Waals surface area (Å²) in [7, 11) is 0. The summed E-state index contributed by atoms with van der Waals surface area (Å²) in [6.45, 7) is 2.84. The van der Waals surface area contributed by atoms with E-state index >= 15 is 0 Å². The van der Waals surface area contributed by atoms with Crippen molar-refractivity contribution in [1.82, 2.24) is 10.2 Å². The van der Waals surface area contributed by atoms with Crippen LogP contribution in [0, 0.1) is 5.92 Å². The quantitative estimate of drug-likeness (QED) is 0.883. The molecule has 1 aromatic rings. The molecule has 102 valence electrons. The fourth-order valence-electron chi connectivity index (χ4n) is 3.35. The number of nitrogens with one attached hydrogen (secondary N) is 1. The molecule has 0 aromatic heterocycles. The molecule has 0 bridgehead atoms. The van der Waals surface area contributed by atoms with Gasteiger partial charge in [-0.25, -0.2) is 0 Å². The van der Waals surface area contributed by atoms with Crippen LogP contribution in [0.5, 0.6) is 0 Å². The van der Waals surface area contributed by atoms with Crippen LogP contribution in [0.4, 0.5) is 0 Å². The first kappa shape index (κ1) is 12.7. The van der Waals surface area contributed by atoms with Gasteiger partial charge in [-0.05, 0) is 37.8 Å². The number of amides is 1. The van der Waals surface area contributed by atoms with Gasteiger partial charge in [0.05, 0.1) is 12.0 Å². The Morgan fingerprint density at radius 3 is 2.74 bits per heavy atom. The molecule has 3 rings (SSSR count). The topological polar surface area (TPSA) is 32.3 Å². The van der Waals surface area contributed by atoms with Crippen LogP contribution in [-0.2, 0) is 4.79 Å². The van der Waals surface area contributed by atoms with E-state index < -0.39 is 0 Å². The van der Waals surface area contributed by atoms with Gasteiger partial charge in [-0.3, -0.25) is 4.79 Å². The van der Waals surface area contributed by atoms with E-state index in [1.807, 2.05) is 6.07 Å². The molecule has 3 heteroatoms. The maximum atomic E-state index is 12.7. The molecule has 1 N–H and O–H groups in total. The van der Waals surface area contributed by atoms with Crippen LogP contribution in [-0.4, -0.2) is 30.4 Å². The van der Waals surface area contributed by atoms with Crippen LogP contribution in [0.15, 0.2) is 30.3 Å². The monoisotopic (exact) mass is 258 g/mol. The highest BCUT2D eigenvalue weighted by atomic mass is 16.2. The minimum atomic E-state index is 0.193. The molecule has 1 amide bonds. The number of carbonyl (C=O) groups excluding carboxylic acids is 1. The lowest BCUT2D eigenvalue weighted by Gasteiger charge is -2.31. The summed E-state index contributed by atoms with van der Waals surface area (Å²) < 4.78 is 0. The standard InChI is InChI=1S/C16H22N2O/c19-16(14-8-4-10-17-12-14)18-11-5-9-15(18)13-6-2-1-3-7-13/h1-3,6-7,14-15,17H,4-5,8-12H2/t14-,15?/m1/s1. The fourth-order valence-corrected chi connectivity index (χ4v) is 3.35. The number of hydrogen-bond donors (Lipinski definition) is 1. The second-order valence-electron chi connectivity index (χ2n) is 5.64. The first-order valence-electron chi connectivity index (χ1n) is 7.42. The minimum Gasteiger partial charge on any atom is -0.335 e. The largest absolute Gasteiger partial charge is 0.335 e. The molecule has 2 aliphatic rings. The fraction of sp³-hybridized carbons (Fsp3) is 0.562. The minimum absolute atomic E-state index is 0.193. The molecule has 0 saturated carbocycles. The summed E-state index contributed by atoms with van der Waals surface area (Å²) in [5.41, 5.74) is 1.29. The Morgan fingerprint density at radius 2 is 2.00 bits per heavy atom. The highest BCUT2D eigenvalue weighted by Crippen LogP contribution is 2.33. The lowest BCUT2D eigenvalue weighted by Crippen LogP contribution is -2.42. The average molecular weight is 258 g/mol. The molecular weight excluding hydrogens is 236 g/mol. The molecule has 0 aliphatic carbocycles. The Morgan fingerprint density at radius 1 is 1.16 bits per heavy atom. The van der Waals surface area contributed by atoms with Crippen LogP contribution < -0.4 is 5.32 Å². The second-order valence-corrected chi connectivity index (χ2v) is 5.64. The zero-order valence-electron chi connectivity index (χ0n) is 11.3. The molecule has 0 spiro atoms. The van der Waals surface area contributed by atoms with Gasteiger partial charge in [0.1, 0.15) is 0 Å². The van der Waals surface area contributed by atoms with Crippen molar-refractivity contribution in [2.75, 3.05) is 19.6 Å². The molecule has 3 nitrogen and oxygen atoms in total. The first-order chi connectivity index (χ1) is 9.36. The number of rotatable bonds is 2. The van der Waals surface area contributed by atoms with Crippen molar-refractivity contribution in [3.63, 3.8) is 0 Å². The van der Waals surface area contributed by atoms with Gasteiger partial charge < -0.3 is 10.2 Å². The van der Waals surface area contributed by atoms with Gasteiger partial charge in [-0.15, -0.1) is 0 Å². The average Bonchev–Trinajstić information content (AvgIpc) is 2.98. The van der Waals surface area contributed by atoms with E-state index in [2.05, 4.69) is 34.5 Å². The number of benzene rings is 1. The summed E-state index contributed by atoms with van der Waals surface area (Å²) in [6.07, 6.45) is 4.41. The van der Waals surface area contributed by atoms with Crippen molar-refractivity contribution in [2.24, 2.45) is 5.92 Å². The van der Waals surface area contributed by atoms with E-state index in [-0.39, 0.29) is 5.92 Å². The maximum absolute atomic E-state index is 12.7. The Labute approximate surface area is 115 Å². The molecule has 1 unspecified atom stereocenters. The van der Waals surface area contributed by atoms with Gasteiger partial charge in [0.25, 0.3) is 0 Å². The van der Waals surface area contributed by atoms with E-state index in [0.717, 1.165) is 45.3 Å². The Balaban J connectivity index is 1.74. The van der Waals surface area contributed by atoms with E-state index in [1.165, 1.54) is 5.56 Å². The van der Waals surface area contributed by atoms with Crippen molar-refractivity contribution in [2.45, 2.75) is 31.7 Å². The van der Waals surface area contributed by atoms with E-state index in [9.17, 15) is 4.79 Å². The Bertz CT molecular complexity index is 426. The van der Waals surface area contributed by atoms with E-state index in [1.54, 1.807) is 0 Å². The normalized spacial score (nSPS) is 27.5. The summed E-state index contributed by atoms with van der Waals surface area (Å²) in [4.78, 5) is 14.8. The zero-order valence-corrected chi connectivity index (χ0v) is 11.3. The lowest BCUT2D eigenvalue weighted by molar-refractivity contribution is -0.137. The first-order valence-corrected chi connectivity index (χ1v) is 7.42. The predicted molar refractivity (Wildman–Crippen MR) is 75.7 cm³/mol. The molecule has 2 atom stereocenters. The molecule has 0 radical (unpaired) electrons. The van der Waals surface area contributed by atoms with Crippen LogP contribution >= 0.6 is 0 Å². The molecule has 2 saturated heterocycles. The van der Waals surface area contributed by atoms with Crippen molar-refractivity contribution >= 4 is 5.91 Å². The number of piperidine rings is 1. The zero-order chi connectivity index (χ0) is 13.1. The van der Waals surface area contributed by atoms with Gasteiger partial charge in [-0.2, -0.15) is 0 Å². The SMILES string of the molecule is O=C([C@@H]1CCCNC1)N1CCCC1c1ccccc1. The van der Waals surface area contributed by atoms with Crippen molar-refractivity contribution < 1.29 is 4.79 Å². The van der Waals surface area contributed by atoms with Gasteiger partial charge >= 0.3 is 0 Å². The number of nitrogens with zero attached hydrogens (tertiary/aromatic N) is 1. The molecule has 2 aliphatic heterocycles. The van der Waals surface area contributed by atoms with Crippen LogP contribution in [0.2, 0.25) is 0 Å². The lowest BCUT2D eigenvalue weighted by atomic mass is 9.97. The predicted octanol–water partition coefficient (Wildman–Crippen LogP) is 2.35. The third-order valence-corrected chi connectivity index (χ3v) is 4.37. The Hall–Kier alpha value is -1.35. The van der Waals surface area contributed by atoms with Crippen molar-refractivity contribution in [3.05, 3.63) is 35.9 Å². The van der Waals surface area contributed by atoms with Crippen molar-refractivity contribution in [3.8, 4) is 0 Å². The van der Waals surface area contributed by atoms with Crippen LogP contribution in [0.25, 0.3) is 0 Å². The molecular formula is C16H22N2O. The van der Waals surface area contributed by atoms with Crippen LogP contribution in [0.3, 0.4) is 0 Å². The number of likely N-dealkylation sites (tertiary alicyclic amines) is 1. The number of hydrogen-bond acceptors (Lipinski definition) is 2. The Kier molecular flexibility index (Phi) is 3.83. The molecule has 2 heterocycles. The van der Waals surface area contributed by atoms with E-state index in [4.69, 9.17) is 0 Å². The van der Waals surface area contributed by atoms with Gasteiger partial charge in [-0.1, -0.05) is 30.3 Å². The summed E-state index contributed by atoms with van der Waals surface area (Å²) in [6, 6.07) is 10.8. The molecule has 1 aromatic carbocycles. The third kappa shape index (κ3) is 2.66. The highest BCUT2D eigenvalue weighted by Gasteiger charge is 2.34. The van der Waals surface area contributed by atoms with Crippen LogP contribution in [0.1, 0.15) is 37.3 Å². The smallest absolute Gasteiger partial charge is 0.227 e. The molecule has 2 fully saturated rings. The van der Waals surface area contributed by atoms with Crippen molar-refractivity contribution in [1.29, 1.82) is 0 Å². The maximum Gasteiger partial charge on any atom is 0.227 e. The summed E-state index contributed by atoms with van der Waals surface area (Å²) in [5, 5.41) is 3.35. The highest BCUT2D eigenvalue weighted by molar-refractivity contribution is 5.80. The summed E-state index contributed by atoms with van der Waals surface area (Å²) in [5.74, 6) is 0.552. The second kappa shape index (κ2) is 5.74.